The number of benzene rings is 1. The van der Waals surface area contributed by atoms with E-state index in [2.05, 4.69) is 0 Å². The predicted molar refractivity (Wildman–Crippen MR) is 67.8 cm³/mol. The Balaban J connectivity index is 2.14. The molecule has 0 bridgehead atoms. The summed E-state index contributed by atoms with van der Waals surface area (Å²) >= 11 is 0. The number of carbonyl (C=O) groups excluding carboxylic acids is 1. The van der Waals surface area contributed by atoms with E-state index in [1.807, 2.05) is 6.92 Å². The lowest BCUT2D eigenvalue weighted by Crippen LogP contribution is -2.30. The highest BCUT2D eigenvalue weighted by atomic mass is 19.2. The molecule has 0 aromatic heterocycles. The zero-order valence-corrected chi connectivity index (χ0v) is 11.3. The van der Waals surface area contributed by atoms with E-state index < -0.39 is 29.0 Å². The quantitative estimate of drug-likeness (QED) is 0.614. The molecule has 1 aromatic rings. The fourth-order valence-electron chi connectivity index (χ4n) is 2.68. The highest BCUT2D eigenvalue weighted by Crippen LogP contribution is 2.30. The number of halogens is 3. The van der Waals surface area contributed by atoms with Gasteiger partial charge in [-0.15, -0.1) is 0 Å². The Morgan fingerprint density at radius 2 is 1.90 bits per heavy atom. The highest BCUT2D eigenvalue weighted by molar-refractivity contribution is 5.89. The first kappa shape index (κ1) is 14.9. The first-order chi connectivity index (χ1) is 9.54. The summed E-state index contributed by atoms with van der Waals surface area (Å²) in [4.78, 5) is 11.9. The van der Waals surface area contributed by atoms with Crippen LogP contribution in [0.25, 0.3) is 0 Å². The van der Waals surface area contributed by atoms with Crippen LogP contribution in [0.15, 0.2) is 12.1 Å². The molecule has 0 aliphatic heterocycles. The topological polar surface area (TPSA) is 26.3 Å². The fourth-order valence-corrected chi connectivity index (χ4v) is 2.68. The molecule has 0 heterocycles. The van der Waals surface area contributed by atoms with Crippen molar-refractivity contribution < 1.29 is 22.7 Å². The van der Waals surface area contributed by atoms with Gasteiger partial charge in [0.05, 0.1) is 5.56 Å². The lowest BCUT2D eigenvalue weighted by molar-refractivity contribution is 0.000168. The van der Waals surface area contributed by atoms with Crippen LogP contribution in [0.5, 0.6) is 0 Å². The van der Waals surface area contributed by atoms with Gasteiger partial charge in [0.1, 0.15) is 6.10 Å². The molecule has 5 heteroatoms. The van der Waals surface area contributed by atoms with Crippen molar-refractivity contribution in [2.24, 2.45) is 5.92 Å². The summed E-state index contributed by atoms with van der Waals surface area (Å²) in [6.45, 7) is 2.01. The van der Waals surface area contributed by atoms with Crippen molar-refractivity contribution in [3.63, 3.8) is 0 Å². The molecule has 1 aliphatic carbocycles. The second-order valence-corrected chi connectivity index (χ2v) is 5.12. The summed E-state index contributed by atoms with van der Waals surface area (Å²) in [6.07, 6.45) is 4.34. The van der Waals surface area contributed by atoms with Gasteiger partial charge in [-0.3, -0.25) is 0 Å². The van der Waals surface area contributed by atoms with Crippen molar-refractivity contribution in [2.45, 2.75) is 45.1 Å². The van der Waals surface area contributed by atoms with Gasteiger partial charge in [0.15, 0.2) is 17.5 Å². The van der Waals surface area contributed by atoms with Crippen LogP contribution in [0.3, 0.4) is 0 Å². The maximum Gasteiger partial charge on any atom is 0.341 e. The van der Waals surface area contributed by atoms with Crippen LogP contribution in [0.1, 0.15) is 49.4 Å². The van der Waals surface area contributed by atoms with Crippen molar-refractivity contribution in [3.8, 4) is 0 Å². The van der Waals surface area contributed by atoms with Gasteiger partial charge in [0.2, 0.25) is 0 Å². The molecule has 0 saturated heterocycles. The van der Waals surface area contributed by atoms with Gasteiger partial charge in [-0.25, -0.2) is 18.0 Å². The third-order valence-corrected chi connectivity index (χ3v) is 3.88. The van der Waals surface area contributed by atoms with Crippen LogP contribution in [0.2, 0.25) is 0 Å². The maximum atomic E-state index is 13.5. The molecule has 2 rings (SSSR count). The largest absolute Gasteiger partial charge is 0.458 e. The maximum absolute atomic E-state index is 13.5. The molecule has 1 aromatic carbocycles. The minimum Gasteiger partial charge on any atom is -0.458 e. The third kappa shape index (κ3) is 2.97. The lowest BCUT2D eigenvalue weighted by Gasteiger charge is -2.30. The molecule has 20 heavy (non-hydrogen) atoms. The van der Waals surface area contributed by atoms with Crippen LogP contribution >= 0.6 is 0 Å². The number of hydrogen-bond donors (Lipinski definition) is 0. The van der Waals surface area contributed by atoms with Crippen LogP contribution in [0.4, 0.5) is 13.2 Å². The summed E-state index contributed by atoms with van der Waals surface area (Å²) in [6, 6.07) is 1.65. The van der Waals surface area contributed by atoms with Gasteiger partial charge < -0.3 is 4.74 Å². The fraction of sp³-hybridized carbons (Fsp3) is 0.533. The van der Waals surface area contributed by atoms with Gasteiger partial charge in [0, 0.05) is 0 Å². The molecular weight excluding hydrogens is 269 g/mol. The lowest BCUT2D eigenvalue weighted by atomic mass is 9.85. The Morgan fingerprint density at radius 1 is 1.20 bits per heavy atom. The smallest absolute Gasteiger partial charge is 0.341 e. The normalized spacial score (nSPS) is 22.6. The zero-order valence-electron chi connectivity index (χ0n) is 11.3. The van der Waals surface area contributed by atoms with Crippen LogP contribution in [-0.2, 0) is 4.74 Å². The van der Waals surface area contributed by atoms with Crippen molar-refractivity contribution >= 4 is 5.97 Å². The van der Waals surface area contributed by atoms with E-state index >= 15 is 0 Å². The predicted octanol–water partition coefficient (Wildman–Crippen LogP) is 4.23. The van der Waals surface area contributed by atoms with E-state index in [1.165, 1.54) is 0 Å². The van der Waals surface area contributed by atoms with E-state index in [1.54, 1.807) is 0 Å². The SMILES string of the molecule is CCC1CCCCC1OC(=O)c1ccc(F)c(F)c1F. The molecule has 110 valence electrons. The highest BCUT2D eigenvalue weighted by Gasteiger charge is 2.29. The van der Waals surface area contributed by atoms with Gasteiger partial charge in [-0.05, 0) is 43.7 Å². The number of rotatable bonds is 3. The Morgan fingerprint density at radius 3 is 2.60 bits per heavy atom. The molecular formula is C15H17F3O2. The van der Waals surface area contributed by atoms with E-state index in [0.29, 0.717) is 0 Å². The number of esters is 1. The van der Waals surface area contributed by atoms with E-state index in [4.69, 9.17) is 4.74 Å². The van der Waals surface area contributed by atoms with Gasteiger partial charge in [-0.2, -0.15) is 0 Å². The van der Waals surface area contributed by atoms with Gasteiger partial charge in [-0.1, -0.05) is 13.3 Å². The summed E-state index contributed by atoms with van der Waals surface area (Å²) in [5.74, 6) is -5.12. The second-order valence-electron chi connectivity index (χ2n) is 5.12. The molecule has 2 unspecified atom stereocenters. The third-order valence-electron chi connectivity index (χ3n) is 3.88. The molecule has 1 fully saturated rings. The average molecular weight is 286 g/mol. The second kappa shape index (κ2) is 6.29. The van der Waals surface area contributed by atoms with Crippen molar-refractivity contribution in [2.75, 3.05) is 0 Å². The van der Waals surface area contributed by atoms with Crippen molar-refractivity contribution in [3.05, 3.63) is 35.1 Å². The van der Waals surface area contributed by atoms with E-state index in [0.717, 1.165) is 44.2 Å². The van der Waals surface area contributed by atoms with Crippen LogP contribution in [-0.4, -0.2) is 12.1 Å². The zero-order chi connectivity index (χ0) is 14.7. The summed E-state index contributed by atoms with van der Waals surface area (Å²) in [7, 11) is 0. The number of ether oxygens (including phenoxy) is 1. The first-order valence-electron chi connectivity index (χ1n) is 6.89. The van der Waals surface area contributed by atoms with Crippen molar-refractivity contribution in [1.82, 2.24) is 0 Å². The summed E-state index contributed by atoms with van der Waals surface area (Å²) in [5.41, 5.74) is -0.552. The molecule has 0 spiro atoms. The summed E-state index contributed by atoms with van der Waals surface area (Å²) < 4.78 is 44.8. The minimum atomic E-state index is -1.64. The average Bonchev–Trinajstić information content (AvgIpc) is 2.45. The standard InChI is InChI=1S/C15H17F3O2/c1-2-9-5-3-4-6-12(9)20-15(19)10-7-8-11(16)14(18)13(10)17/h7-9,12H,2-6H2,1H3. The molecule has 0 radical (unpaired) electrons. The molecule has 2 atom stereocenters. The van der Waals surface area contributed by atoms with E-state index in [9.17, 15) is 18.0 Å². The Kier molecular flexibility index (Phi) is 4.68. The number of hydrogen-bond acceptors (Lipinski definition) is 2. The summed E-state index contributed by atoms with van der Waals surface area (Å²) in [5, 5.41) is 0. The first-order valence-corrected chi connectivity index (χ1v) is 6.89. The Hall–Kier alpha value is -1.52. The van der Waals surface area contributed by atoms with Crippen LogP contribution in [0, 0.1) is 23.4 Å². The van der Waals surface area contributed by atoms with Gasteiger partial charge >= 0.3 is 5.97 Å². The van der Waals surface area contributed by atoms with Crippen molar-refractivity contribution in [1.29, 1.82) is 0 Å². The molecule has 1 aliphatic rings. The van der Waals surface area contributed by atoms with Crippen LogP contribution < -0.4 is 0 Å². The van der Waals surface area contributed by atoms with Gasteiger partial charge in [0.25, 0.3) is 0 Å². The van der Waals surface area contributed by atoms with E-state index in [-0.39, 0.29) is 12.0 Å². The Bertz CT molecular complexity index is 502. The molecule has 0 amide bonds. The number of carbonyl (C=O) groups is 1. The Labute approximate surface area is 115 Å². The molecule has 1 saturated carbocycles. The molecule has 0 N–H and O–H groups in total. The minimum absolute atomic E-state index is 0.251. The molecule has 2 nitrogen and oxygen atoms in total. The monoisotopic (exact) mass is 286 g/mol.